The fourth-order valence-electron chi connectivity index (χ4n) is 3.93. The van der Waals surface area contributed by atoms with Crippen molar-refractivity contribution in [1.29, 1.82) is 0 Å². The predicted octanol–water partition coefficient (Wildman–Crippen LogP) is 5.73. The molecule has 0 saturated carbocycles. The van der Waals surface area contributed by atoms with Gasteiger partial charge >= 0.3 is 5.97 Å². The Balaban J connectivity index is 1.84. The minimum Gasteiger partial charge on any atom is -0.425 e. The summed E-state index contributed by atoms with van der Waals surface area (Å²) in [5.74, 6) is -0.893. The quantitative estimate of drug-likeness (QED) is 0.374. The van der Waals surface area contributed by atoms with Gasteiger partial charge in [-0.25, -0.2) is 0 Å². The highest BCUT2D eigenvalue weighted by molar-refractivity contribution is 6.20. The van der Waals surface area contributed by atoms with Crippen molar-refractivity contribution >= 4 is 23.3 Å². The molecule has 1 atom stereocenters. The van der Waals surface area contributed by atoms with Gasteiger partial charge in [0, 0.05) is 23.1 Å². The van der Waals surface area contributed by atoms with Crippen molar-refractivity contribution in [1.82, 2.24) is 0 Å². The number of aryl methyl sites for hydroxylation is 2. The molecule has 0 fully saturated rings. The zero-order valence-corrected chi connectivity index (χ0v) is 18.3. The van der Waals surface area contributed by atoms with E-state index in [1.165, 1.54) is 0 Å². The van der Waals surface area contributed by atoms with Crippen molar-refractivity contribution < 1.29 is 19.1 Å². The van der Waals surface area contributed by atoms with E-state index in [1.807, 2.05) is 56.3 Å². The highest BCUT2D eigenvalue weighted by atomic mass is 16.5. The van der Waals surface area contributed by atoms with Crippen LogP contribution in [-0.4, -0.2) is 17.5 Å². The van der Waals surface area contributed by atoms with E-state index in [1.54, 1.807) is 43.3 Å². The number of hydrogen-bond donors (Lipinski definition) is 0. The van der Waals surface area contributed by atoms with Crippen LogP contribution in [0.2, 0.25) is 0 Å². The summed E-state index contributed by atoms with van der Waals surface area (Å²) in [6, 6.07) is 23.4. The molecule has 0 radical (unpaired) electrons. The van der Waals surface area contributed by atoms with Gasteiger partial charge in [-0.1, -0.05) is 90.0 Å². The van der Waals surface area contributed by atoms with Gasteiger partial charge in [-0.3, -0.25) is 14.4 Å². The van der Waals surface area contributed by atoms with Gasteiger partial charge in [0.15, 0.2) is 11.6 Å². The molecule has 0 aliphatic carbocycles. The van der Waals surface area contributed by atoms with Gasteiger partial charge in [0.2, 0.25) is 0 Å². The largest absolute Gasteiger partial charge is 0.425 e. The lowest BCUT2D eigenvalue weighted by molar-refractivity contribution is -0.142. The van der Waals surface area contributed by atoms with E-state index in [9.17, 15) is 14.4 Å². The minimum absolute atomic E-state index is 0.155. The summed E-state index contributed by atoms with van der Waals surface area (Å²) in [6.07, 6.45) is -0.155. The molecule has 0 N–H and O–H groups in total. The number of ketones is 2. The van der Waals surface area contributed by atoms with Crippen LogP contribution >= 0.6 is 0 Å². The number of cyclic esters (lactones) is 1. The number of carbonyl (C=O) groups excluding carboxylic acids is 3. The van der Waals surface area contributed by atoms with Crippen molar-refractivity contribution in [3.05, 3.63) is 112 Å². The first-order chi connectivity index (χ1) is 15.3. The van der Waals surface area contributed by atoms with Crippen LogP contribution in [-0.2, 0) is 9.53 Å². The molecule has 0 bridgehead atoms. The second-order valence-corrected chi connectivity index (χ2v) is 8.45. The summed E-state index contributed by atoms with van der Waals surface area (Å²) in [4.78, 5) is 39.9. The average molecular weight is 424 g/mol. The van der Waals surface area contributed by atoms with E-state index in [2.05, 4.69) is 0 Å². The number of esters is 1. The topological polar surface area (TPSA) is 60.4 Å². The number of Topliss-reactive ketones (excluding diaryl/α,β-unsaturated/α-hetero) is 2. The Kier molecular flexibility index (Phi) is 5.62. The molecule has 0 aromatic heterocycles. The number of carbonyl (C=O) groups is 3. The first-order valence-corrected chi connectivity index (χ1v) is 10.5. The van der Waals surface area contributed by atoms with Crippen molar-refractivity contribution in [3.8, 4) is 0 Å². The Labute approximate surface area is 187 Å². The molecular formula is C28H24O4. The van der Waals surface area contributed by atoms with Gasteiger partial charge < -0.3 is 4.74 Å². The molecule has 1 unspecified atom stereocenters. The van der Waals surface area contributed by atoms with Crippen LogP contribution in [0.5, 0.6) is 0 Å². The van der Waals surface area contributed by atoms with Crippen LogP contribution in [0.15, 0.2) is 84.4 Å². The van der Waals surface area contributed by atoms with Crippen molar-refractivity contribution in [2.45, 2.75) is 27.2 Å². The van der Waals surface area contributed by atoms with Crippen LogP contribution in [0.25, 0.3) is 5.76 Å². The number of rotatable bonds is 6. The zero-order chi connectivity index (χ0) is 22.9. The van der Waals surface area contributed by atoms with E-state index in [-0.39, 0.29) is 29.3 Å². The molecule has 1 aliphatic rings. The van der Waals surface area contributed by atoms with E-state index in [0.29, 0.717) is 16.7 Å². The van der Waals surface area contributed by atoms with Crippen LogP contribution in [0.1, 0.15) is 50.8 Å². The summed E-state index contributed by atoms with van der Waals surface area (Å²) in [5, 5.41) is 0. The number of ether oxygens (including phenoxy) is 1. The van der Waals surface area contributed by atoms with E-state index >= 15 is 0 Å². The maximum atomic E-state index is 13.7. The molecule has 0 amide bonds. The lowest BCUT2D eigenvalue weighted by Gasteiger charge is -2.22. The standard InChI is InChI=1S/C28H24O4/c1-18-9-13-21(14-10-18)25(30)24-26(22-15-11-19(2)12-16-22)32-27(31)28(24,3)17-23(29)20-7-5-4-6-8-20/h4-16H,17H2,1-3H3. The van der Waals surface area contributed by atoms with E-state index < -0.39 is 11.4 Å². The van der Waals surface area contributed by atoms with Gasteiger partial charge in [0.25, 0.3) is 0 Å². The second-order valence-electron chi connectivity index (χ2n) is 8.45. The third kappa shape index (κ3) is 3.92. The minimum atomic E-state index is -1.39. The van der Waals surface area contributed by atoms with E-state index in [4.69, 9.17) is 4.74 Å². The van der Waals surface area contributed by atoms with Crippen LogP contribution < -0.4 is 0 Å². The second kappa shape index (κ2) is 8.39. The maximum Gasteiger partial charge on any atom is 0.322 e. The summed E-state index contributed by atoms with van der Waals surface area (Å²) in [5.41, 5.74) is 2.48. The Morgan fingerprint density at radius 1 is 0.781 bits per heavy atom. The van der Waals surface area contributed by atoms with Crippen molar-refractivity contribution in [2.75, 3.05) is 0 Å². The summed E-state index contributed by atoms with van der Waals surface area (Å²) in [7, 11) is 0. The van der Waals surface area contributed by atoms with Gasteiger partial charge in [0.05, 0.1) is 5.57 Å². The monoisotopic (exact) mass is 424 g/mol. The molecule has 4 nitrogen and oxygen atoms in total. The van der Waals surface area contributed by atoms with Crippen LogP contribution in [0, 0.1) is 19.3 Å². The van der Waals surface area contributed by atoms with Gasteiger partial charge in [-0.15, -0.1) is 0 Å². The third-order valence-electron chi connectivity index (χ3n) is 5.89. The molecular weight excluding hydrogens is 400 g/mol. The molecule has 1 aliphatic heterocycles. The van der Waals surface area contributed by atoms with Gasteiger partial charge in [-0.2, -0.15) is 0 Å². The number of hydrogen-bond acceptors (Lipinski definition) is 4. The first-order valence-electron chi connectivity index (χ1n) is 10.5. The highest BCUT2D eigenvalue weighted by Gasteiger charge is 2.51. The van der Waals surface area contributed by atoms with Gasteiger partial charge in [-0.05, 0) is 20.8 Å². The zero-order valence-electron chi connectivity index (χ0n) is 18.3. The fourth-order valence-corrected chi connectivity index (χ4v) is 3.93. The number of benzene rings is 3. The van der Waals surface area contributed by atoms with Crippen LogP contribution in [0.4, 0.5) is 0 Å². The summed E-state index contributed by atoms with van der Waals surface area (Å²) >= 11 is 0. The first kappa shape index (κ1) is 21.4. The predicted molar refractivity (Wildman–Crippen MR) is 123 cm³/mol. The Morgan fingerprint density at radius 2 is 1.34 bits per heavy atom. The maximum absolute atomic E-state index is 13.7. The Hall–Kier alpha value is -3.79. The molecule has 160 valence electrons. The normalized spacial score (nSPS) is 17.9. The molecule has 1 heterocycles. The molecule has 3 aromatic rings. The molecule has 0 saturated heterocycles. The fraction of sp³-hybridized carbons (Fsp3) is 0.179. The SMILES string of the molecule is Cc1ccc(C(=O)C2=C(c3ccc(C)cc3)OC(=O)C2(C)CC(=O)c2ccccc2)cc1. The lowest BCUT2D eigenvalue weighted by atomic mass is 9.74. The highest BCUT2D eigenvalue weighted by Crippen LogP contribution is 2.46. The third-order valence-corrected chi connectivity index (χ3v) is 5.89. The molecule has 3 aromatic carbocycles. The summed E-state index contributed by atoms with van der Waals surface area (Å²) in [6.45, 7) is 5.52. The smallest absolute Gasteiger partial charge is 0.322 e. The Bertz CT molecular complexity index is 1220. The lowest BCUT2D eigenvalue weighted by Crippen LogP contribution is -2.32. The van der Waals surface area contributed by atoms with Crippen LogP contribution in [0.3, 0.4) is 0 Å². The molecule has 0 spiro atoms. The molecule has 4 heteroatoms. The van der Waals surface area contributed by atoms with Gasteiger partial charge in [0.1, 0.15) is 11.2 Å². The van der Waals surface area contributed by atoms with E-state index in [0.717, 1.165) is 11.1 Å². The molecule has 32 heavy (non-hydrogen) atoms. The average Bonchev–Trinajstić information content (AvgIpc) is 3.05. The summed E-state index contributed by atoms with van der Waals surface area (Å²) < 4.78 is 5.69. The van der Waals surface area contributed by atoms with Crippen molar-refractivity contribution in [3.63, 3.8) is 0 Å². The Morgan fingerprint density at radius 3 is 1.94 bits per heavy atom. The van der Waals surface area contributed by atoms with Crippen molar-refractivity contribution in [2.24, 2.45) is 5.41 Å². The molecule has 4 rings (SSSR count).